The minimum absolute atomic E-state index is 0.0407. The van der Waals surface area contributed by atoms with Crippen molar-refractivity contribution in [1.29, 1.82) is 0 Å². The first-order chi connectivity index (χ1) is 18.7. The van der Waals surface area contributed by atoms with E-state index in [1.165, 1.54) is 0 Å². The zero-order chi connectivity index (χ0) is 30.0. The number of rotatable bonds is 15. The average Bonchev–Trinajstić information content (AvgIpc) is 2.87. The van der Waals surface area contributed by atoms with Crippen molar-refractivity contribution in [2.24, 2.45) is 0 Å². The number of halogens is 4. The Balaban J connectivity index is 2.02. The standard InChI is InChI=1S/C29H32Br2Cl2O7/c1-17(2)27(34)39-10-8-36-7-9-37-25-21(30)13-19(14-22(25)31)29(5,6)20-15-23(32)26(24(33)16-20)38-11-12-40-28(35)18(3)4/h13-16H,1,3,7-12H2,2,4-6H3. The molecule has 0 saturated heterocycles. The molecule has 0 fully saturated rings. The molecule has 0 aliphatic carbocycles. The largest absolute Gasteiger partial charge is 0.489 e. The van der Waals surface area contributed by atoms with Crippen LogP contribution in [0.15, 0.2) is 57.5 Å². The van der Waals surface area contributed by atoms with E-state index >= 15 is 0 Å². The number of hydrogen-bond donors (Lipinski definition) is 0. The van der Waals surface area contributed by atoms with Crippen molar-refractivity contribution in [1.82, 2.24) is 0 Å². The SMILES string of the molecule is C=C(C)C(=O)OCCOCCOc1c(Br)cc(C(C)(C)c2cc(Cl)c(OCCOC(=O)C(=C)C)c(Cl)c2)cc1Br. The van der Waals surface area contributed by atoms with Crippen molar-refractivity contribution in [2.45, 2.75) is 33.1 Å². The van der Waals surface area contributed by atoms with Crippen molar-refractivity contribution >= 4 is 67.0 Å². The lowest BCUT2D eigenvalue weighted by molar-refractivity contribution is -0.141. The predicted octanol–water partition coefficient (Wildman–Crippen LogP) is 7.86. The first-order valence-corrected chi connectivity index (χ1v) is 14.6. The lowest BCUT2D eigenvalue weighted by Gasteiger charge is -2.28. The molecular weight excluding hydrogens is 691 g/mol. The van der Waals surface area contributed by atoms with Crippen molar-refractivity contribution < 1.29 is 33.3 Å². The van der Waals surface area contributed by atoms with Gasteiger partial charge >= 0.3 is 11.9 Å². The number of carbonyl (C=O) groups is 2. The van der Waals surface area contributed by atoms with E-state index in [1.807, 2.05) is 12.1 Å². The van der Waals surface area contributed by atoms with Crippen LogP contribution in [0.25, 0.3) is 0 Å². The Bertz CT molecular complexity index is 1210. The van der Waals surface area contributed by atoms with Crippen molar-refractivity contribution in [3.63, 3.8) is 0 Å². The van der Waals surface area contributed by atoms with Gasteiger partial charge in [-0.15, -0.1) is 0 Å². The summed E-state index contributed by atoms with van der Waals surface area (Å²) in [6, 6.07) is 7.56. The Morgan fingerprint density at radius 3 is 1.62 bits per heavy atom. The number of ether oxygens (including phenoxy) is 5. The molecule has 2 rings (SSSR count). The first-order valence-electron chi connectivity index (χ1n) is 12.2. The number of carbonyl (C=O) groups excluding carboxylic acids is 2. The molecule has 0 aliphatic rings. The molecule has 11 heteroatoms. The summed E-state index contributed by atoms with van der Waals surface area (Å²) in [6.45, 7) is 15.5. The van der Waals surface area contributed by atoms with Crippen LogP contribution < -0.4 is 9.47 Å². The van der Waals surface area contributed by atoms with Crippen LogP contribution in [0.1, 0.15) is 38.8 Å². The zero-order valence-electron chi connectivity index (χ0n) is 22.8. The molecule has 2 aromatic carbocycles. The fourth-order valence-corrected chi connectivity index (χ4v) is 5.32. The third kappa shape index (κ3) is 9.80. The summed E-state index contributed by atoms with van der Waals surface area (Å²) < 4.78 is 28.6. The molecule has 40 heavy (non-hydrogen) atoms. The second kappa shape index (κ2) is 15.8. The van der Waals surface area contributed by atoms with Gasteiger partial charge in [0.25, 0.3) is 0 Å². The number of esters is 2. The Morgan fingerprint density at radius 1 is 0.725 bits per heavy atom. The topological polar surface area (TPSA) is 80.3 Å². The Hall–Kier alpha value is -2.04. The summed E-state index contributed by atoms with van der Waals surface area (Å²) in [5.74, 6) is 0.0164. The van der Waals surface area contributed by atoms with Gasteiger partial charge in [-0.2, -0.15) is 0 Å². The maximum absolute atomic E-state index is 11.5. The highest BCUT2D eigenvalue weighted by molar-refractivity contribution is 9.11. The molecule has 0 amide bonds. The van der Waals surface area contributed by atoms with Gasteiger partial charge in [0.15, 0.2) is 5.75 Å². The zero-order valence-corrected chi connectivity index (χ0v) is 27.5. The van der Waals surface area contributed by atoms with E-state index in [9.17, 15) is 9.59 Å². The van der Waals surface area contributed by atoms with E-state index in [4.69, 9.17) is 46.9 Å². The van der Waals surface area contributed by atoms with Gasteiger partial charge in [-0.3, -0.25) is 0 Å². The molecular formula is C29H32Br2Cl2O7. The van der Waals surface area contributed by atoms with Gasteiger partial charge in [-0.05, 0) is 81.1 Å². The average molecular weight is 723 g/mol. The van der Waals surface area contributed by atoms with Crippen LogP contribution in [0.3, 0.4) is 0 Å². The van der Waals surface area contributed by atoms with Gasteiger partial charge in [0.1, 0.15) is 32.2 Å². The van der Waals surface area contributed by atoms with E-state index < -0.39 is 17.4 Å². The molecule has 0 unspecified atom stereocenters. The van der Waals surface area contributed by atoms with Crippen LogP contribution in [0.2, 0.25) is 10.0 Å². The van der Waals surface area contributed by atoms with Crippen LogP contribution in [-0.4, -0.2) is 51.6 Å². The minimum atomic E-state index is -0.489. The lowest BCUT2D eigenvalue weighted by Crippen LogP contribution is -2.20. The van der Waals surface area contributed by atoms with Crippen LogP contribution in [0, 0.1) is 0 Å². The summed E-state index contributed by atoms with van der Waals surface area (Å²) in [7, 11) is 0. The van der Waals surface area contributed by atoms with Gasteiger partial charge in [-0.25, -0.2) is 9.59 Å². The molecule has 0 aliphatic heterocycles. The normalized spacial score (nSPS) is 11.1. The summed E-state index contributed by atoms with van der Waals surface area (Å²) in [4.78, 5) is 22.9. The summed E-state index contributed by atoms with van der Waals surface area (Å²) in [5.41, 5.74) is 2.01. The van der Waals surface area contributed by atoms with Crippen LogP contribution >= 0.6 is 55.1 Å². The van der Waals surface area contributed by atoms with Gasteiger partial charge in [-0.1, -0.05) is 50.2 Å². The van der Waals surface area contributed by atoms with Gasteiger partial charge < -0.3 is 23.7 Å². The molecule has 0 saturated carbocycles. The van der Waals surface area contributed by atoms with Gasteiger partial charge in [0.05, 0.1) is 32.2 Å². The maximum Gasteiger partial charge on any atom is 0.333 e. The molecule has 0 N–H and O–H groups in total. The summed E-state index contributed by atoms with van der Waals surface area (Å²) >= 11 is 20.3. The summed E-state index contributed by atoms with van der Waals surface area (Å²) in [6.07, 6.45) is 0. The smallest absolute Gasteiger partial charge is 0.333 e. The highest BCUT2D eigenvalue weighted by Gasteiger charge is 2.27. The van der Waals surface area contributed by atoms with E-state index in [2.05, 4.69) is 58.9 Å². The van der Waals surface area contributed by atoms with Crippen molar-refractivity contribution in [3.8, 4) is 11.5 Å². The highest BCUT2D eigenvalue weighted by atomic mass is 79.9. The quantitative estimate of drug-likeness (QED) is 0.105. The highest BCUT2D eigenvalue weighted by Crippen LogP contribution is 2.43. The second-order valence-corrected chi connectivity index (χ2v) is 11.8. The molecule has 0 spiro atoms. The molecule has 0 bridgehead atoms. The molecule has 0 atom stereocenters. The predicted molar refractivity (Wildman–Crippen MR) is 164 cm³/mol. The third-order valence-electron chi connectivity index (χ3n) is 5.63. The minimum Gasteiger partial charge on any atom is -0.489 e. The van der Waals surface area contributed by atoms with Crippen LogP contribution in [-0.2, 0) is 29.2 Å². The van der Waals surface area contributed by atoms with E-state index in [1.54, 1.807) is 26.0 Å². The van der Waals surface area contributed by atoms with Gasteiger partial charge in [0.2, 0.25) is 0 Å². The van der Waals surface area contributed by atoms with Gasteiger partial charge in [0, 0.05) is 16.6 Å². The molecule has 0 radical (unpaired) electrons. The Kier molecular flexibility index (Phi) is 13.5. The number of benzene rings is 2. The van der Waals surface area contributed by atoms with Crippen LogP contribution in [0.4, 0.5) is 0 Å². The second-order valence-electron chi connectivity index (χ2n) is 9.30. The Labute approximate surface area is 262 Å². The lowest BCUT2D eigenvalue weighted by atomic mass is 9.78. The molecule has 0 heterocycles. The van der Waals surface area contributed by atoms with Crippen LogP contribution in [0.5, 0.6) is 11.5 Å². The Morgan fingerprint density at radius 2 is 1.12 bits per heavy atom. The number of hydrogen-bond acceptors (Lipinski definition) is 7. The van der Waals surface area contributed by atoms with Crippen molar-refractivity contribution in [2.75, 3.05) is 39.6 Å². The molecule has 0 aromatic heterocycles. The monoisotopic (exact) mass is 720 g/mol. The molecule has 218 valence electrons. The van der Waals surface area contributed by atoms with E-state index in [0.717, 1.165) is 20.1 Å². The van der Waals surface area contributed by atoms with E-state index in [0.29, 0.717) is 45.9 Å². The fourth-order valence-electron chi connectivity index (χ4n) is 3.31. The first kappa shape index (κ1) is 34.2. The molecule has 2 aromatic rings. The third-order valence-corrected chi connectivity index (χ3v) is 7.37. The maximum atomic E-state index is 11.5. The molecule has 7 nitrogen and oxygen atoms in total. The van der Waals surface area contributed by atoms with Crippen molar-refractivity contribution in [3.05, 3.63) is 78.7 Å². The summed E-state index contributed by atoms with van der Waals surface area (Å²) in [5, 5.41) is 0.684. The van der Waals surface area contributed by atoms with E-state index in [-0.39, 0.29) is 26.4 Å². The fraction of sp³-hybridized carbons (Fsp3) is 0.379.